The van der Waals surface area contributed by atoms with Gasteiger partial charge in [0.2, 0.25) is 0 Å². The van der Waals surface area contributed by atoms with Crippen molar-refractivity contribution in [1.82, 2.24) is 14.7 Å². The van der Waals surface area contributed by atoms with Crippen molar-refractivity contribution in [3.63, 3.8) is 0 Å². The van der Waals surface area contributed by atoms with Crippen LogP contribution in [0.3, 0.4) is 0 Å². The summed E-state index contributed by atoms with van der Waals surface area (Å²) in [4.78, 5) is 14.3. The molecule has 0 spiro atoms. The molecule has 25 heavy (non-hydrogen) atoms. The molecule has 0 radical (unpaired) electrons. The Bertz CT molecular complexity index is 661. The van der Waals surface area contributed by atoms with Crippen molar-refractivity contribution >= 4 is 17.9 Å². The molecular formula is C19H23N3O2S. The highest BCUT2D eigenvalue weighted by Gasteiger charge is 2.30. The molecule has 3 rings (SSSR count). The summed E-state index contributed by atoms with van der Waals surface area (Å²) < 4.78 is 2.35. The third kappa shape index (κ3) is 4.83. The molecule has 1 amide bonds. The fraction of sp³-hybridized carbons (Fsp3) is 0.316. The summed E-state index contributed by atoms with van der Waals surface area (Å²) >= 11 is 1.83. The van der Waals surface area contributed by atoms with Crippen molar-refractivity contribution in [3.05, 3.63) is 71.8 Å². The van der Waals surface area contributed by atoms with Crippen molar-refractivity contribution in [1.29, 1.82) is 0 Å². The lowest BCUT2D eigenvalue weighted by atomic mass is 10.0. The van der Waals surface area contributed by atoms with Crippen LogP contribution in [0.25, 0.3) is 0 Å². The molecule has 1 heterocycles. The predicted molar refractivity (Wildman–Crippen MR) is 100.0 cm³/mol. The van der Waals surface area contributed by atoms with Crippen LogP contribution in [0.2, 0.25) is 0 Å². The van der Waals surface area contributed by atoms with Gasteiger partial charge in [-0.05, 0) is 11.1 Å². The van der Waals surface area contributed by atoms with Gasteiger partial charge in [0.1, 0.15) is 6.04 Å². The molecule has 132 valence electrons. The SMILES string of the molecule is O=C(NO)C(c1ccccc1)N1CCN(SCc2ccccc2)CC1. The number of rotatable bonds is 6. The minimum absolute atomic E-state index is 0.378. The van der Waals surface area contributed by atoms with Crippen LogP contribution in [0.15, 0.2) is 60.7 Å². The van der Waals surface area contributed by atoms with Gasteiger partial charge in [-0.15, -0.1) is 0 Å². The van der Waals surface area contributed by atoms with Gasteiger partial charge in [-0.1, -0.05) is 72.6 Å². The number of amides is 1. The molecule has 5 nitrogen and oxygen atoms in total. The van der Waals surface area contributed by atoms with Crippen LogP contribution in [0.4, 0.5) is 0 Å². The normalized spacial score (nSPS) is 17.2. The van der Waals surface area contributed by atoms with Gasteiger partial charge in [-0.2, -0.15) is 0 Å². The number of nitrogens with one attached hydrogen (secondary N) is 1. The van der Waals surface area contributed by atoms with Crippen molar-refractivity contribution in [2.75, 3.05) is 26.2 Å². The van der Waals surface area contributed by atoms with Gasteiger partial charge in [0.05, 0.1) is 0 Å². The monoisotopic (exact) mass is 357 g/mol. The zero-order valence-electron chi connectivity index (χ0n) is 14.0. The van der Waals surface area contributed by atoms with E-state index in [1.165, 1.54) is 5.56 Å². The first-order chi connectivity index (χ1) is 12.3. The van der Waals surface area contributed by atoms with E-state index in [0.29, 0.717) is 0 Å². The summed E-state index contributed by atoms with van der Waals surface area (Å²) in [5, 5.41) is 9.12. The zero-order chi connectivity index (χ0) is 17.5. The number of carbonyl (C=O) groups excluding carboxylic acids is 1. The highest BCUT2D eigenvalue weighted by Crippen LogP contribution is 2.25. The zero-order valence-corrected chi connectivity index (χ0v) is 14.9. The second-order valence-corrected chi connectivity index (χ2v) is 7.08. The molecule has 1 aliphatic heterocycles. The van der Waals surface area contributed by atoms with Crippen molar-refractivity contribution in [2.45, 2.75) is 11.8 Å². The Morgan fingerprint density at radius 1 is 1.00 bits per heavy atom. The molecule has 0 saturated carbocycles. The Morgan fingerprint density at radius 3 is 2.20 bits per heavy atom. The summed E-state index contributed by atoms with van der Waals surface area (Å²) in [6.45, 7) is 3.35. The lowest BCUT2D eigenvalue weighted by molar-refractivity contribution is -0.135. The van der Waals surface area contributed by atoms with E-state index in [4.69, 9.17) is 5.21 Å². The predicted octanol–water partition coefficient (Wildman–Crippen LogP) is 2.70. The third-order valence-electron chi connectivity index (χ3n) is 4.37. The van der Waals surface area contributed by atoms with Crippen LogP contribution < -0.4 is 5.48 Å². The first kappa shape index (κ1) is 17.9. The molecule has 1 saturated heterocycles. The molecule has 1 fully saturated rings. The number of nitrogens with zero attached hydrogens (tertiary/aromatic N) is 2. The number of carbonyl (C=O) groups is 1. The number of piperazine rings is 1. The highest BCUT2D eigenvalue weighted by atomic mass is 32.2. The average molecular weight is 357 g/mol. The van der Waals surface area contributed by atoms with Crippen LogP contribution >= 0.6 is 11.9 Å². The van der Waals surface area contributed by atoms with Crippen LogP contribution in [-0.2, 0) is 10.5 Å². The van der Waals surface area contributed by atoms with Crippen molar-refractivity contribution in [2.24, 2.45) is 0 Å². The second kappa shape index (κ2) is 9.01. The van der Waals surface area contributed by atoms with Crippen LogP contribution in [-0.4, -0.2) is 46.5 Å². The molecular weight excluding hydrogens is 334 g/mol. The van der Waals surface area contributed by atoms with E-state index in [0.717, 1.165) is 37.5 Å². The van der Waals surface area contributed by atoms with Gasteiger partial charge < -0.3 is 0 Å². The summed E-state index contributed by atoms with van der Waals surface area (Å²) in [5.74, 6) is 0.580. The Hall–Kier alpha value is -1.86. The molecule has 0 bridgehead atoms. The summed E-state index contributed by atoms with van der Waals surface area (Å²) in [6.07, 6.45) is 0. The van der Waals surface area contributed by atoms with E-state index in [1.807, 2.05) is 53.8 Å². The van der Waals surface area contributed by atoms with Crippen LogP contribution in [0, 0.1) is 0 Å². The van der Waals surface area contributed by atoms with E-state index in [9.17, 15) is 4.79 Å². The minimum atomic E-state index is -0.451. The average Bonchev–Trinajstić information content (AvgIpc) is 2.69. The largest absolute Gasteiger partial charge is 0.289 e. The van der Waals surface area contributed by atoms with Crippen molar-refractivity contribution in [3.8, 4) is 0 Å². The van der Waals surface area contributed by atoms with Gasteiger partial charge in [-0.3, -0.25) is 14.9 Å². The Balaban J connectivity index is 1.57. The molecule has 2 N–H and O–H groups in total. The summed E-state index contributed by atoms with van der Waals surface area (Å²) in [6, 6.07) is 19.6. The first-order valence-electron chi connectivity index (χ1n) is 8.42. The summed E-state index contributed by atoms with van der Waals surface area (Å²) in [7, 11) is 0. The number of hydrogen-bond acceptors (Lipinski definition) is 5. The lowest BCUT2D eigenvalue weighted by Gasteiger charge is -2.37. The Labute approximate surface area is 152 Å². The third-order valence-corrected chi connectivity index (χ3v) is 5.56. The molecule has 6 heteroatoms. The molecule has 1 aliphatic rings. The molecule has 2 aromatic rings. The van der Waals surface area contributed by atoms with E-state index in [-0.39, 0.29) is 5.91 Å². The maximum Gasteiger partial charge on any atom is 0.265 e. The van der Waals surface area contributed by atoms with Gasteiger partial charge >= 0.3 is 0 Å². The number of hydroxylamine groups is 1. The number of benzene rings is 2. The Kier molecular flexibility index (Phi) is 6.47. The topological polar surface area (TPSA) is 55.8 Å². The smallest absolute Gasteiger partial charge is 0.265 e. The minimum Gasteiger partial charge on any atom is -0.289 e. The van der Waals surface area contributed by atoms with Crippen LogP contribution in [0.5, 0.6) is 0 Å². The van der Waals surface area contributed by atoms with Gasteiger partial charge in [0.15, 0.2) is 0 Å². The Morgan fingerprint density at radius 2 is 1.60 bits per heavy atom. The summed E-state index contributed by atoms with van der Waals surface area (Å²) in [5.41, 5.74) is 4.04. The molecule has 1 unspecified atom stereocenters. The fourth-order valence-corrected chi connectivity index (χ4v) is 4.00. The lowest BCUT2D eigenvalue weighted by Crippen LogP contribution is -2.49. The molecule has 0 aliphatic carbocycles. The highest BCUT2D eigenvalue weighted by molar-refractivity contribution is 7.96. The van der Waals surface area contributed by atoms with E-state index >= 15 is 0 Å². The van der Waals surface area contributed by atoms with Gasteiger partial charge in [0.25, 0.3) is 5.91 Å². The van der Waals surface area contributed by atoms with E-state index in [1.54, 1.807) is 0 Å². The molecule has 2 aromatic carbocycles. The standard InChI is InChI=1S/C19H23N3O2S/c23-19(20-24)18(17-9-5-2-6-10-17)21-11-13-22(14-12-21)25-15-16-7-3-1-4-8-16/h1-10,18,24H,11-15H2,(H,20,23). The van der Waals surface area contributed by atoms with Crippen molar-refractivity contribution < 1.29 is 10.0 Å². The fourth-order valence-electron chi connectivity index (χ4n) is 3.06. The molecule has 0 aromatic heterocycles. The van der Waals surface area contributed by atoms with E-state index < -0.39 is 6.04 Å². The van der Waals surface area contributed by atoms with Gasteiger partial charge in [-0.25, -0.2) is 9.79 Å². The first-order valence-corrected chi connectivity index (χ1v) is 9.37. The number of hydrogen-bond donors (Lipinski definition) is 2. The van der Waals surface area contributed by atoms with Crippen LogP contribution in [0.1, 0.15) is 17.2 Å². The maximum atomic E-state index is 12.2. The molecule has 1 atom stereocenters. The quantitative estimate of drug-likeness (QED) is 0.473. The maximum absolute atomic E-state index is 12.2. The van der Waals surface area contributed by atoms with Gasteiger partial charge in [0, 0.05) is 31.9 Å². The van der Waals surface area contributed by atoms with E-state index in [2.05, 4.69) is 33.5 Å². The second-order valence-electron chi connectivity index (χ2n) is 6.01.